The van der Waals surface area contributed by atoms with Gasteiger partial charge in [-0.25, -0.2) is 8.42 Å². The van der Waals surface area contributed by atoms with Crippen molar-refractivity contribution in [3.8, 4) is 0 Å². The maximum Gasteiger partial charge on any atom is 0.349 e. The summed E-state index contributed by atoms with van der Waals surface area (Å²) >= 11 is 0. The number of hydrogen-bond acceptors (Lipinski definition) is 4. The first-order valence-electron chi connectivity index (χ1n) is 2.23. The number of hydrogen-bond donors (Lipinski definition) is 2. The molecule has 2 unspecified atom stereocenters. The predicted molar refractivity (Wildman–Crippen MR) is 35.9 cm³/mol. The molecule has 0 bridgehead atoms. The molecule has 10 heteroatoms. The molecule has 2 atom stereocenters. The van der Waals surface area contributed by atoms with Crippen LogP contribution in [0, 0.1) is 0 Å². The van der Waals surface area contributed by atoms with Gasteiger partial charge in [0, 0.05) is 0 Å². The lowest BCUT2D eigenvalue weighted by atomic mass is 11.6. The molecular formula is C2H2F2O6S2. The van der Waals surface area contributed by atoms with E-state index in [-0.39, 0.29) is 0 Å². The van der Waals surface area contributed by atoms with Crippen molar-refractivity contribution in [3.05, 3.63) is 0 Å². The first-order valence-corrected chi connectivity index (χ1v) is 5.11. The van der Waals surface area contributed by atoms with Crippen LogP contribution in [0.3, 0.4) is 0 Å². The lowest BCUT2D eigenvalue weighted by molar-refractivity contribution is 0.361. The van der Waals surface area contributed by atoms with Crippen molar-refractivity contribution in [1.82, 2.24) is 0 Å². The van der Waals surface area contributed by atoms with Crippen molar-refractivity contribution in [1.29, 1.82) is 0 Å². The van der Waals surface area contributed by atoms with Crippen LogP contribution in [-0.4, -0.2) is 28.1 Å². The zero-order valence-corrected chi connectivity index (χ0v) is 6.73. The van der Waals surface area contributed by atoms with E-state index in [2.05, 4.69) is 8.37 Å². The summed E-state index contributed by atoms with van der Waals surface area (Å²) in [6, 6.07) is 0. The van der Waals surface area contributed by atoms with Crippen molar-refractivity contribution in [2.75, 3.05) is 0 Å². The maximum absolute atomic E-state index is 12.2. The molecule has 0 aromatic rings. The monoisotopic (exact) mass is 224 g/mol. The minimum atomic E-state index is -4.76. The molecule has 1 heterocycles. The first-order chi connectivity index (χ1) is 5.26. The van der Waals surface area contributed by atoms with Gasteiger partial charge in [0.15, 0.2) is 0 Å². The molecule has 72 valence electrons. The molecule has 1 rings (SSSR count). The zero-order chi connectivity index (χ0) is 9.57. The molecule has 0 amide bonds. The summed E-state index contributed by atoms with van der Waals surface area (Å²) in [4.78, 5) is 0. The van der Waals surface area contributed by atoms with Gasteiger partial charge < -0.3 is 0 Å². The molecule has 1 aliphatic rings. The van der Waals surface area contributed by atoms with E-state index >= 15 is 0 Å². The molecule has 2 N–H and O–H groups in total. The normalized spacial score (nSPS) is 43.3. The second kappa shape index (κ2) is 2.61. The summed E-state index contributed by atoms with van der Waals surface area (Å²) in [6.07, 6.45) is 0. The quantitative estimate of drug-likeness (QED) is 0.425. The van der Waals surface area contributed by atoms with Crippen LogP contribution in [0.1, 0.15) is 0 Å². The van der Waals surface area contributed by atoms with E-state index in [0.29, 0.717) is 0 Å². The Balaban J connectivity index is 3.32. The van der Waals surface area contributed by atoms with Crippen LogP contribution in [0.25, 0.3) is 0 Å². The SMILES string of the molecule is O=S1(O)=C(F)OS(=O)(O)=C(F)O1. The zero-order valence-electron chi connectivity index (χ0n) is 5.10. The highest BCUT2D eigenvalue weighted by Gasteiger charge is 2.32. The van der Waals surface area contributed by atoms with Gasteiger partial charge in [0.25, 0.3) is 20.2 Å². The van der Waals surface area contributed by atoms with Crippen LogP contribution < -0.4 is 0 Å². The molecule has 0 saturated carbocycles. The molecule has 0 saturated heterocycles. The Hall–Kier alpha value is -0.260. The van der Waals surface area contributed by atoms with Gasteiger partial charge in [-0.2, -0.15) is 17.1 Å². The average Bonchev–Trinajstić information content (AvgIpc) is 1.82. The Morgan fingerprint density at radius 1 is 1.00 bits per heavy atom. The highest BCUT2D eigenvalue weighted by molar-refractivity contribution is 7.99. The van der Waals surface area contributed by atoms with Crippen molar-refractivity contribution >= 4 is 30.8 Å². The van der Waals surface area contributed by atoms with Gasteiger partial charge in [-0.15, -0.1) is 0 Å². The minimum absolute atomic E-state index is 2.24. The van der Waals surface area contributed by atoms with E-state index in [4.69, 9.17) is 9.11 Å². The molecule has 6 nitrogen and oxygen atoms in total. The first kappa shape index (κ1) is 9.83. The second-order valence-electron chi connectivity index (χ2n) is 1.59. The van der Waals surface area contributed by atoms with Gasteiger partial charge >= 0.3 is 10.6 Å². The highest BCUT2D eigenvalue weighted by Crippen LogP contribution is 2.11. The van der Waals surface area contributed by atoms with Gasteiger partial charge in [0.2, 0.25) is 0 Å². The van der Waals surface area contributed by atoms with E-state index < -0.39 is 30.8 Å². The fourth-order valence-corrected chi connectivity index (χ4v) is 2.06. The summed E-state index contributed by atoms with van der Waals surface area (Å²) < 4.78 is 68.2. The third-order valence-corrected chi connectivity index (χ3v) is 2.70. The van der Waals surface area contributed by atoms with Crippen molar-refractivity contribution < 1.29 is 34.7 Å². The molecule has 0 aliphatic carbocycles. The molecule has 0 fully saturated rings. The fourth-order valence-electron chi connectivity index (χ4n) is 0.329. The van der Waals surface area contributed by atoms with Crippen molar-refractivity contribution in [3.63, 3.8) is 0 Å². The summed E-state index contributed by atoms with van der Waals surface area (Å²) in [5.74, 6) is 0. The Morgan fingerprint density at radius 2 is 1.25 bits per heavy atom. The summed E-state index contributed by atoms with van der Waals surface area (Å²) in [7, 11) is -9.51. The number of halogens is 2. The van der Waals surface area contributed by atoms with Gasteiger partial charge in [0.1, 0.15) is 0 Å². The van der Waals surface area contributed by atoms with Crippen LogP contribution in [0.4, 0.5) is 8.78 Å². The standard InChI is InChI=1S/C2H2F2O6S2/c3-1-9-12(7,8)2(4)10-11(1,5)6/h(H,5,6)(H,7,8). The summed E-state index contributed by atoms with van der Waals surface area (Å²) in [5, 5.41) is -4.48. The van der Waals surface area contributed by atoms with E-state index in [0.717, 1.165) is 0 Å². The van der Waals surface area contributed by atoms with Gasteiger partial charge in [-0.3, -0.25) is 9.11 Å². The van der Waals surface area contributed by atoms with Crippen LogP contribution >= 0.6 is 0 Å². The largest absolute Gasteiger partial charge is 0.349 e. The van der Waals surface area contributed by atoms with Crippen LogP contribution in [-0.2, 0) is 28.5 Å². The Kier molecular flexibility index (Phi) is 2.14. The molecule has 0 radical (unpaired) electrons. The average molecular weight is 224 g/mol. The van der Waals surface area contributed by atoms with E-state index in [1.54, 1.807) is 0 Å². The van der Waals surface area contributed by atoms with E-state index in [1.807, 2.05) is 0 Å². The van der Waals surface area contributed by atoms with Crippen LogP contribution in [0.15, 0.2) is 0 Å². The molecule has 0 aromatic heterocycles. The Labute approximate surface area is 66.2 Å². The summed E-state index contributed by atoms with van der Waals surface area (Å²) in [6.45, 7) is 0. The second-order valence-corrected chi connectivity index (χ2v) is 4.47. The predicted octanol–water partition coefficient (Wildman–Crippen LogP) is -0.508. The maximum atomic E-state index is 12.2. The van der Waals surface area contributed by atoms with Gasteiger partial charge in [0.05, 0.1) is 0 Å². The topological polar surface area (TPSA) is 93.1 Å². The van der Waals surface area contributed by atoms with Gasteiger partial charge in [-0.1, -0.05) is 0 Å². The summed E-state index contributed by atoms with van der Waals surface area (Å²) in [5.41, 5.74) is 0. The Morgan fingerprint density at radius 3 is 1.50 bits per heavy atom. The Bertz CT molecular complexity index is 392. The molecular weight excluding hydrogens is 222 g/mol. The molecule has 12 heavy (non-hydrogen) atoms. The van der Waals surface area contributed by atoms with Crippen molar-refractivity contribution in [2.24, 2.45) is 0 Å². The molecule has 0 spiro atoms. The third-order valence-electron chi connectivity index (χ3n) is 0.763. The fraction of sp³-hybridized carbons (Fsp3) is 0. The van der Waals surface area contributed by atoms with Crippen LogP contribution in [0.5, 0.6) is 0 Å². The molecule has 1 aliphatic heterocycles. The lowest BCUT2D eigenvalue weighted by Crippen LogP contribution is -2.30. The van der Waals surface area contributed by atoms with Crippen molar-refractivity contribution in [2.45, 2.75) is 0 Å². The molecule has 0 aromatic carbocycles. The lowest BCUT2D eigenvalue weighted by Gasteiger charge is -2.11. The van der Waals surface area contributed by atoms with Crippen LogP contribution in [0.2, 0.25) is 0 Å². The van der Waals surface area contributed by atoms with Gasteiger partial charge in [-0.05, 0) is 0 Å². The third kappa shape index (κ3) is 1.57. The highest BCUT2D eigenvalue weighted by atomic mass is 32.3. The smallest absolute Gasteiger partial charge is 0.289 e. The minimum Gasteiger partial charge on any atom is -0.289 e. The van der Waals surface area contributed by atoms with E-state index in [9.17, 15) is 17.2 Å². The number of rotatable bonds is 0. The van der Waals surface area contributed by atoms with E-state index in [1.165, 1.54) is 0 Å².